The number of hydrogen-bond acceptors (Lipinski definition) is 2. The van der Waals surface area contributed by atoms with Crippen LogP contribution in [0.1, 0.15) is 21.5 Å². The maximum Gasteiger partial charge on any atom is 0.258 e. The van der Waals surface area contributed by atoms with E-state index in [2.05, 4.69) is 21.2 Å². The van der Waals surface area contributed by atoms with Crippen LogP contribution in [0.3, 0.4) is 0 Å². The Hall–Kier alpha value is -1.88. The van der Waals surface area contributed by atoms with Crippen LogP contribution < -0.4 is 11.1 Å². The van der Waals surface area contributed by atoms with E-state index in [0.717, 1.165) is 10.0 Å². The number of carbonyl (C=O) groups excluding carboxylic acids is 1. The topological polar surface area (TPSA) is 55.1 Å². The van der Waals surface area contributed by atoms with Crippen molar-refractivity contribution >= 4 is 33.2 Å². The third-order valence-corrected chi connectivity index (χ3v) is 3.46. The molecule has 0 aliphatic carbocycles. The number of nitrogens with two attached hydrogens (primary N) is 1. The monoisotopic (exact) mass is 336 g/mol. The molecule has 0 fully saturated rings. The van der Waals surface area contributed by atoms with Crippen LogP contribution >= 0.6 is 15.9 Å². The molecule has 104 valence electrons. The van der Waals surface area contributed by atoms with Gasteiger partial charge in [0.15, 0.2) is 0 Å². The Morgan fingerprint density at radius 2 is 1.90 bits per heavy atom. The lowest BCUT2D eigenvalue weighted by atomic mass is 10.1. The van der Waals surface area contributed by atoms with E-state index in [1.165, 1.54) is 12.1 Å². The molecule has 2 aromatic carbocycles. The van der Waals surface area contributed by atoms with Gasteiger partial charge in [0.05, 0.1) is 5.56 Å². The van der Waals surface area contributed by atoms with Crippen LogP contribution in [0.2, 0.25) is 0 Å². The van der Waals surface area contributed by atoms with Crippen molar-refractivity contribution in [1.82, 2.24) is 0 Å². The molecule has 0 spiro atoms. The molecule has 0 radical (unpaired) electrons. The van der Waals surface area contributed by atoms with Crippen molar-refractivity contribution in [2.75, 3.05) is 11.1 Å². The molecular formula is C15H14BrFN2O. The zero-order valence-electron chi connectivity index (χ0n) is 11.1. The minimum atomic E-state index is -0.552. The van der Waals surface area contributed by atoms with Crippen LogP contribution in [0.5, 0.6) is 0 Å². The number of aryl methyl sites for hydroxylation is 2. The Morgan fingerprint density at radius 3 is 2.60 bits per heavy atom. The molecule has 1 amide bonds. The highest BCUT2D eigenvalue weighted by molar-refractivity contribution is 9.10. The lowest BCUT2D eigenvalue weighted by Gasteiger charge is -2.11. The summed E-state index contributed by atoms with van der Waals surface area (Å²) >= 11 is 3.33. The summed E-state index contributed by atoms with van der Waals surface area (Å²) in [6.45, 7) is 3.44. The third kappa shape index (κ3) is 2.99. The Kier molecular flexibility index (Phi) is 4.09. The molecule has 2 rings (SSSR count). The van der Waals surface area contributed by atoms with Crippen LogP contribution in [0.25, 0.3) is 0 Å². The zero-order chi connectivity index (χ0) is 14.9. The van der Waals surface area contributed by atoms with E-state index in [9.17, 15) is 9.18 Å². The summed E-state index contributed by atoms with van der Waals surface area (Å²) in [5.41, 5.74) is 7.83. The van der Waals surface area contributed by atoms with E-state index < -0.39 is 11.7 Å². The Balaban J connectivity index is 2.35. The highest BCUT2D eigenvalue weighted by Crippen LogP contribution is 2.23. The Labute approximate surface area is 125 Å². The SMILES string of the molecule is Cc1ccc(Br)cc1NC(=O)c1cc(N)cc(C)c1F. The van der Waals surface area contributed by atoms with E-state index in [1.807, 2.05) is 19.1 Å². The van der Waals surface area contributed by atoms with E-state index in [0.29, 0.717) is 16.9 Å². The number of hydrogen-bond donors (Lipinski definition) is 2. The molecule has 0 unspecified atom stereocenters. The van der Waals surface area contributed by atoms with Crippen molar-refractivity contribution in [2.45, 2.75) is 13.8 Å². The number of halogens is 2. The summed E-state index contributed by atoms with van der Waals surface area (Å²) < 4.78 is 14.8. The fraction of sp³-hybridized carbons (Fsp3) is 0.133. The first-order valence-corrected chi connectivity index (χ1v) is 6.81. The number of nitrogen functional groups attached to an aromatic ring is 1. The summed E-state index contributed by atoms with van der Waals surface area (Å²) in [4.78, 5) is 12.2. The van der Waals surface area contributed by atoms with Gasteiger partial charge in [-0.3, -0.25) is 4.79 Å². The molecule has 0 heterocycles. The molecule has 5 heteroatoms. The Morgan fingerprint density at radius 1 is 1.20 bits per heavy atom. The smallest absolute Gasteiger partial charge is 0.258 e. The van der Waals surface area contributed by atoms with Gasteiger partial charge in [-0.25, -0.2) is 4.39 Å². The first kappa shape index (κ1) is 14.5. The van der Waals surface area contributed by atoms with Gasteiger partial charge in [0, 0.05) is 15.8 Å². The van der Waals surface area contributed by atoms with E-state index >= 15 is 0 Å². The lowest BCUT2D eigenvalue weighted by molar-refractivity contribution is 0.102. The molecule has 0 aliphatic rings. The number of benzene rings is 2. The molecule has 0 aromatic heterocycles. The van der Waals surface area contributed by atoms with E-state index in [4.69, 9.17) is 5.73 Å². The van der Waals surface area contributed by atoms with Gasteiger partial charge in [0.25, 0.3) is 5.91 Å². The first-order valence-electron chi connectivity index (χ1n) is 6.01. The van der Waals surface area contributed by atoms with Gasteiger partial charge in [-0.15, -0.1) is 0 Å². The molecule has 0 bridgehead atoms. The van der Waals surface area contributed by atoms with Crippen molar-refractivity contribution < 1.29 is 9.18 Å². The summed E-state index contributed by atoms with van der Waals surface area (Å²) in [5.74, 6) is -1.07. The largest absolute Gasteiger partial charge is 0.399 e. The van der Waals surface area contributed by atoms with Crippen molar-refractivity contribution in [3.8, 4) is 0 Å². The summed E-state index contributed by atoms with van der Waals surface area (Å²) in [6, 6.07) is 8.34. The first-order chi connectivity index (χ1) is 9.38. The van der Waals surface area contributed by atoms with Gasteiger partial charge in [0.2, 0.25) is 0 Å². The lowest BCUT2D eigenvalue weighted by Crippen LogP contribution is -2.15. The van der Waals surface area contributed by atoms with Crippen LogP contribution in [0.15, 0.2) is 34.8 Å². The van der Waals surface area contributed by atoms with Crippen molar-refractivity contribution in [3.63, 3.8) is 0 Å². The van der Waals surface area contributed by atoms with E-state index in [-0.39, 0.29) is 5.56 Å². The second kappa shape index (κ2) is 5.63. The minimum absolute atomic E-state index is 0.0538. The number of carbonyl (C=O) groups is 1. The predicted octanol–water partition coefficient (Wildman–Crippen LogP) is 4.04. The summed E-state index contributed by atoms with van der Waals surface area (Å²) in [7, 11) is 0. The van der Waals surface area contributed by atoms with Crippen molar-refractivity contribution in [3.05, 3.63) is 57.3 Å². The fourth-order valence-electron chi connectivity index (χ4n) is 1.88. The molecule has 0 atom stereocenters. The maximum atomic E-state index is 14.0. The molecule has 20 heavy (non-hydrogen) atoms. The summed E-state index contributed by atoms with van der Waals surface area (Å²) in [6.07, 6.45) is 0. The molecule has 2 aromatic rings. The van der Waals surface area contributed by atoms with Crippen LogP contribution in [0, 0.1) is 19.7 Å². The van der Waals surface area contributed by atoms with Gasteiger partial charge in [-0.1, -0.05) is 22.0 Å². The highest BCUT2D eigenvalue weighted by Gasteiger charge is 2.15. The molecule has 0 saturated heterocycles. The normalized spacial score (nSPS) is 10.4. The Bertz CT molecular complexity index is 686. The van der Waals surface area contributed by atoms with Gasteiger partial charge in [0.1, 0.15) is 5.82 Å². The molecular weight excluding hydrogens is 323 g/mol. The average molecular weight is 337 g/mol. The van der Waals surface area contributed by atoms with Gasteiger partial charge in [-0.2, -0.15) is 0 Å². The van der Waals surface area contributed by atoms with Crippen LogP contribution in [-0.4, -0.2) is 5.91 Å². The predicted molar refractivity (Wildman–Crippen MR) is 82.4 cm³/mol. The standard InChI is InChI=1S/C15H14BrFN2O/c1-8-3-4-10(16)6-13(8)19-15(20)12-7-11(18)5-9(2)14(12)17/h3-7H,18H2,1-2H3,(H,19,20). The maximum absolute atomic E-state index is 14.0. The second-order valence-electron chi connectivity index (χ2n) is 4.61. The van der Waals surface area contributed by atoms with Crippen molar-refractivity contribution in [2.24, 2.45) is 0 Å². The zero-order valence-corrected chi connectivity index (χ0v) is 12.7. The quantitative estimate of drug-likeness (QED) is 0.813. The van der Waals surface area contributed by atoms with Gasteiger partial charge < -0.3 is 11.1 Å². The summed E-state index contributed by atoms with van der Waals surface area (Å²) in [5, 5.41) is 2.70. The van der Waals surface area contributed by atoms with Crippen molar-refractivity contribution in [1.29, 1.82) is 0 Å². The molecule has 0 saturated carbocycles. The van der Waals surface area contributed by atoms with Gasteiger partial charge >= 0.3 is 0 Å². The highest BCUT2D eigenvalue weighted by atomic mass is 79.9. The molecule has 0 aliphatic heterocycles. The molecule has 3 N–H and O–H groups in total. The second-order valence-corrected chi connectivity index (χ2v) is 5.53. The van der Waals surface area contributed by atoms with E-state index in [1.54, 1.807) is 13.0 Å². The number of nitrogens with one attached hydrogen (secondary N) is 1. The number of anilines is 2. The van der Waals surface area contributed by atoms with Gasteiger partial charge in [-0.05, 0) is 49.2 Å². The van der Waals surface area contributed by atoms with Crippen LogP contribution in [-0.2, 0) is 0 Å². The third-order valence-electron chi connectivity index (χ3n) is 2.97. The fourth-order valence-corrected chi connectivity index (χ4v) is 2.24. The number of amides is 1. The molecule has 3 nitrogen and oxygen atoms in total. The number of rotatable bonds is 2. The average Bonchev–Trinajstić information content (AvgIpc) is 2.38. The van der Waals surface area contributed by atoms with Crippen LogP contribution in [0.4, 0.5) is 15.8 Å². The minimum Gasteiger partial charge on any atom is -0.399 e.